The van der Waals surface area contributed by atoms with Crippen LogP contribution in [-0.2, 0) is 0 Å². The summed E-state index contributed by atoms with van der Waals surface area (Å²) in [5.41, 5.74) is 0. The molecule has 0 aliphatic heterocycles. The number of pyridine rings is 1. The van der Waals surface area contributed by atoms with Gasteiger partial charge in [0.05, 0.1) is 12.4 Å². The van der Waals surface area contributed by atoms with Crippen molar-refractivity contribution in [3.05, 3.63) is 42.0 Å². The van der Waals surface area contributed by atoms with Crippen molar-refractivity contribution in [1.29, 1.82) is 0 Å². The van der Waals surface area contributed by atoms with Gasteiger partial charge in [-0.25, -0.2) is 4.73 Å². The Kier molecular flexibility index (Phi) is 1.48. The van der Waals surface area contributed by atoms with Gasteiger partial charge in [-0.05, 0) is 6.07 Å². The minimum absolute atomic E-state index is 0.440. The molecule has 0 N–H and O–H groups in total. The van der Waals surface area contributed by atoms with Gasteiger partial charge in [0, 0.05) is 11.3 Å². The Bertz CT molecular complexity index is 371. The molecule has 5 heteroatoms. The van der Waals surface area contributed by atoms with Crippen molar-refractivity contribution in [2.24, 2.45) is 0 Å². The van der Waals surface area contributed by atoms with Crippen LogP contribution in [0.4, 0.5) is 0 Å². The third-order valence-electron chi connectivity index (χ3n) is 1.46. The molecule has 0 amide bonds. The molecule has 2 aromatic rings. The summed E-state index contributed by atoms with van der Waals surface area (Å²) in [6, 6.07) is 5.10. The molecule has 0 radical (unpaired) electrons. The lowest BCUT2D eigenvalue weighted by Gasteiger charge is -2.03. The summed E-state index contributed by atoms with van der Waals surface area (Å²) in [7, 11) is 0. The largest absolute Gasteiger partial charge is 0.711 e. The first-order chi connectivity index (χ1) is 5.88. The van der Waals surface area contributed by atoms with Crippen LogP contribution in [0.5, 0.6) is 0 Å². The van der Waals surface area contributed by atoms with Crippen molar-refractivity contribution >= 4 is 0 Å². The van der Waals surface area contributed by atoms with Crippen LogP contribution in [0.25, 0.3) is 5.82 Å². The second-order valence-electron chi connectivity index (χ2n) is 2.23. The zero-order valence-corrected chi connectivity index (χ0v) is 6.16. The molecular weight excluding hydrogens is 156 g/mol. The van der Waals surface area contributed by atoms with Crippen LogP contribution in [0.1, 0.15) is 0 Å². The van der Waals surface area contributed by atoms with Crippen molar-refractivity contribution in [3.8, 4) is 5.82 Å². The highest BCUT2D eigenvalue weighted by atomic mass is 16.5. The molecule has 2 heterocycles. The molecule has 0 aliphatic rings. The van der Waals surface area contributed by atoms with Crippen molar-refractivity contribution in [3.63, 3.8) is 0 Å². The van der Waals surface area contributed by atoms with E-state index < -0.39 is 0 Å². The van der Waals surface area contributed by atoms with Crippen LogP contribution in [0.2, 0.25) is 0 Å². The van der Waals surface area contributed by atoms with Crippen LogP contribution in [-0.4, -0.2) is 15.0 Å². The lowest BCUT2D eigenvalue weighted by atomic mass is 10.5. The van der Waals surface area contributed by atoms with Gasteiger partial charge in [0.15, 0.2) is 0 Å². The Labute approximate surface area is 68.5 Å². The van der Waals surface area contributed by atoms with E-state index in [0.717, 1.165) is 4.73 Å². The number of nitrogens with zero attached hydrogens (tertiary/aromatic N) is 4. The van der Waals surface area contributed by atoms with Gasteiger partial charge in [0.2, 0.25) is 0 Å². The normalized spacial score (nSPS) is 10.0. The Morgan fingerprint density at radius 3 is 3.00 bits per heavy atom. The summed E-state index contributed by atoms with van der Waals surface area (Å²) in [6.07, 6.45) is 4.55. The molecule has 0 fully saturated rings. The summed E-state index contributed by atoms with van der Waals surface area (Å²) in [4.78, 5) is 0. The van der Waals surface area contributed by atoms with Gasteiger partial charge >= 0.3 is 5.82 Å². The first-order valence-corrected chi connectivity index (χ1v) is 3.43. The Hall–Kier alpha value is -1.91. The van der Waals surface area contributed by atoms with Gasteiger partial charge in [-0.2, -0.15) is 0 Å². The molecule has 0 aliphatic carbocycles. The van der Waals surface area contributed by atoms with E-state index in [0.29, 0.717) is 5.82 Å². The topological polar surface area (TPSA) is 57.6 Å². The number of hydrogen-bond acceptors (Lipinski definition) is 3. The van der Waals surface area contributed by atoms with Crippen LogP contribution < -0.4 is 4.73 Å². The Balaban J connectivity index is 2.55. The maximum atomic E-state index is 11.1. The van der Waals surface area contributed by atoms with Crippen molar-refractivity contribution < 1.29 is 4.73 Å². The fraction of sp³-hybridized carbons (Fsp3) is 0. The van der Waals surface area contributed by atoms with Gasteiger partial charge in [-0.15, -0.1) is 5.10 Å². The van der Waals surface area contributed by atoms with Crippen LogP contribution in [0.15, 0.2) is 36.8 Å². The molecule has 0 aromatic carbocycles. The molecular formula is C7H6N4O. The third-order valence-corrected chi connectivity index (χ3v) is 1.46. The van der Waals surface area contributed by atoms with Gasteiger partial charge in [-0.1, -0.05) is 10.7 Å². The standard InChI is InChI=1S/C7H6N4O/c12-11-5-2-1-3-7(11)10-6-4-8-9-10/h1-6H. The minimum Gasteiger partial charge on any atom is -0.711 e. The first kappa shape index (κ1) is 6.78. The third kappa shape index (κ3) is 1.01. The molecule has 0 atom stereocenters. The van der Waals surface area contributed by atoms with Gasteiger partial charge in [0.1, 0.15) is 6.20 Å². The molecule has 5 nitrogen and oxygen atoms in total. The van der Waals surface area contributed by atoms with E-state index in [9.17, 15) is 5.21 Å². The number of hydrogen-bond donors (Lipinski definition) is 0. The zero-order valence-electron chi connectivity index (χ0n) is 6.16. The average molecular weight is 162 g/mol. The van der Waals surface area contributed by atoms with Crippen LogP contribution in [0, 0.1) is 5.21 Å². The Morgan fingerprint density at radius 2 is 2.33 bits per heavy atom. The van der Waals surface area contributed by atoms with Crippen molar-refractivity contribution in [2.45, 2.75) is 0 Å². The summed E-state index contributed by atoms with van der Waals surface area (Å²) in [6.45, 7) is 0. The monoisotopic (exact) mass is 162 g/mol. The van der Waals surface area contributed by atoms with Gasteiger partial charge in [-0.3, -0.25) is 0 Å². The Morgan fingerprint density at radius 1 is 1.42 bits per heavy atom. The highest BCUT2D eigenvalue weighted by Gasteiger charge is 2.05. The SMILES string of the molecule is [O-][n+]1ccccc1-n1ccnn1. The maximum absolute atomic E-state index is 11.1. The molecule has 0 saturated heterocycles. The molecule has 2 aromatic heterocycles. The van der Waals surface area contributed by atoms with Crippen molar-refractivity contribution in [2.75, 3.05) is 0 Å². The van der Waals surface area contributed by atoms with E-state index in [-0.39, 0.29) is 0 Å². The van der Waals surface area contributed by atoms with E-state index in [2.05, 4.69) is 10.3 Å². The summed E-state index contributed by atoms with van der Waals surface area (Å²) >= 11 is 0. The van der Waals surface area contributed by atoms with E-state index in [1.165, 1.54) is 17.1 Å². The molecule has 12 heavy (non-hydrogen) atoms. The number of aromatic nitrogens is 4. The van der Waals surface area contributed by atoms with Crippen molar-refractivity contribution in [1.82, 2.24) is 15.0 Å². The van der Waals surface area contributed by atoms with E-state index >= 15 is 0 Å². The molecule has 0 saturated carbocycles. The highest BCUT2D eigenvalue weighted by molar-refractivity contribution is 5.12. The minimum atomic E-state index is 0.440. The first-order valence-electron chi connectivity index (χ1n) is 3.43. The maximum Gasteiger partial charge on any atom is 0.311 e. The fourth-order valence-corrected chi connectivity index (χ4v) is 0.927. The second-order valence-corrected chi connectivity index (χ2v) is 2.23. The van der Waals surface area contributed by atoms with Gasteiger partial charge in [0.25, 0.3) is 0 Å². The molecule has 0 bridgehead atoms. The summed E-state index contributed by atoms with van der Waals surface area (Å²) in [5.74, 6) is 0.440. The van der Waals surface area contributed by atoms with Crippen LogP contribution >= 0.6 is 0 Å². The quantitative estimate of drug-likeness (QED) is 0.434. The molecule has 2 rings (SSSR count). The van der Waals surface area contributed by atoms with E-state index in [1.807, 2.05) is 0 Å². The predicted molar refractivity (Wildman–Crippen MR) is 40.3 cm³/mol. The van der Waals surface area contributed by atoms with E-state index in [4.69, 9.17) is 0 Å². The lowest BCUT2D eigenvalue weighted by molar-refractivity contribution is -0.600. The summed E-state index contributed by atoms with van der Waals surface area (Å²) in [5, 5.41) is 18.4. The molecule has 0 spiro atoms. The molecule has 0 unspecified atom stereocenters. The second kappa shape index (κ2) is 2.61. The fourth-order valence-electron chi connectivity index (χ4n) is 0.927. The predicted octanol–water partition coefficient (Wildman–Crippen LogP) is -0.0993. The zero-order chi connectivity index (χ0) is 8.39. The smallest absolute Gasteiger partial charge is 0.311 e. The van der Waals surface area contributed by atoms with Gasteiger partial charge < -0.3 is 5.21 Å². The van der Waals surface area contributed by atoms with E-state index in [1.54, 1.807) is 24.4 Å². The summed E-state index contributed by atoms with van der Waals surface area (Å²) < 4.78 is 2.14. The van der Waals surface area contributed by atoms with Crippen LogP contribution in [0.3, 0.4) is 0 Å². The highest BCUT2D eigenvalue weighted by Crippen LogP contribution is 1.95. The average Bonchev–Trinajstić information content (AvgIpc) is 2.57. The molecule has 60 valence electrons. The number of rotatable bonds is 1. The lowest BCUT2D eigenvalue weighted by Crippen LogP contribution is -2.31.